The van der Waals surface area contributed by atoms with E-state index in [0.29, 0.717) is 27.1 Å². The average Bonchev–Trinajstić information content (AvgIpc) is 2.79. The molecular weight excluding hydrogens is 434 g/mol. The summed E-state index contributed by atoms with van der Waals surface area (Å²) in [5.74, 6) is -0.509. The lowest BCUT2D eigenvalue weighted by molar-refractivity contribution is -0.384. The summed E-state index contributed by atoms with van der Waals surface area (Å²) in [5, 5.41) is 11.6. The van der Waals surface area contributed by atoms with E-state index in [4.69, 9.17) is 20.8 Å². The normalized spacial score (nSPS) is 11.0. The first-order chi connectivity index (χ1) is 15.4. The number of non-ortho nitro benzene ring substituents is 1. The van der Waals surface area contributed by atoms with Gasteiger partial charge in [-0.2, -0.15) is 0 Å². The van der Waals surface area contributed by atoms with Gasteiger partial charge in [0, 0.05) is 34.9 Å². The molecular formula is C24H14ClNO6. The lowest BCUT2D eigenvalue weighted by atomic mass is 10.1. The van der Waals surface area contributed by atoms with Crippen molar-refractivity contribution in [2.45, 2.75) is 0 Å². The van der Waals surface area contributed by atoms with Crippen molar-refractivity contribution in [1.29, 1.82) is 0 Å². The van der Waals surface area contributed by atoms with E-state index in [-0.39, 0.29) is 22.4 Å². The number of hydrogen-bond acceptors (Lipinski definition) is 6. The second kappa shape index (κ2) is 8.87. The van der Waals surface area contributed by atoms with Crippen molar-refractivity contribution in [3.63, 3.8) is 0 Å². The van der Waals surface area contributed by atoms with Crippen molar-refractivity contribution >= 4 is 40.3 Å². The van der Waals surface area contributed by atoms with Gasteiger partial charge in [-0.15, -0.1) is 0 Å². The Morgan fingerprint density at radius 1 is 1.03 bits per heavy atom. The summed E-state index contributed by atoms with van der Waals surface area (Å²) in [4.78, 5) is 35.3. The molecule has 0 spiro atoms. The van der Waals surface area contributed by atoms with E-state index in [1.807, 2.05) is 0 Å². The van der Waals surface area contributed by atoms with Crippen LogP contribution in [0.3, 0.4) is 0 Å². The highest BCUT2D eigenvalue weighted by Gasteiger charge is 2.13. The van der Waals surface area contributed by atoms with Crippen LogP contribution >= 0.6 is 11.6 Å². The van der Waals surface area contributed by atoms with Crippen LogP contribution in [0.1, 0.15) is 5.56 Å². The Bertz CT molecular complexity index is 1440. The molecule has 4 rings (SSSR count). The number of carbonyl (C=O) groups excluding carboxylic acids is 1. The maximum atomic E-state index is 12.9. The molecule has 0 amide bonds. The van der Waals surface area contributed by atoms with Gasteiger partial charge in [-0.25, -0.2) is 4.79 Å². The van der Waals surface area contributed by atoms with Crippen LogP contribution in [-0.2, 0) is 4.79 Å². The van der Waals surface area contributed by atoms with Gasteiger partial charge < -0.3 is 9.15 Å². The summed E-state index contributed by atoms with van der Waals surface area (Å²) >= 11 is 6.18. The summed E-state index contributed by atoms with van der Waals surface area (Å²) in [7, 11) is 0. The third kappa shape index (κ3) is 4.43. The highest BCUT2D eigenvalue weighted by molar-refractivity contribution is 6.33. The molecule has 0 saturated carbocycles. The lowest BCUT2D eigenvalue weighted by Gasteiger charge is -2.06. The minimum atomic E-state index is -0.689. The predicted molar refractivity (Wildman–Crippen MR) is 121 cm³/mol. The molecule has 0 aliphatic rings. The first-order valence-corrected chi connectivity index (χ1v) is 9.75. The van der Waals surface area contributed by atoms with Crippen molar-refractivity contribution < 1.29 is 18.9 Å². The molecule has 0 N–H and O–H groups in total. The van der Waals surface area contributed by atoms with Gasteiger partial charge in [-0.1, -0.05) is 41.9 Å². The molecule has 1 aromatic heterocycles. The lowest BCUT2D eigenvalue weighted by Crippen LogP contribution is -2.06. The monoisotopic (exact) mass is 447 g/mol. The van der Waals surface area contributed by atoms with Crippen molar-refractivity contribution in [3.05, 3.63) is 110 Å². The summed E-state index contributed by atoms with van der Waals surface area (Å²) in [6.45, 7) is 0. The highest BCUT2D eigenvalue weighted by Crippen LogP contribution is 2.28. The molecule has 4 aromatic rings. The number of nitro benzene ring substituents is 1. The van der Waals surface area contributed by atoms with Crippen LogP contribution in [-0.4, -0.2) is 10.9 Å². The molecule has 0 saturated heterocycles. The number of halogens is 1. The van der Waals surface area contributed by atoms with E-state index in [1.54, 1.807) is 30.3 Å². The van der Waals surface area contributed by atoms with Crippen LogP contribution < -0.4 is 10.2 Å². The molecule has 158 valence electrons. The molecule has 32 heavy (non-hydrogen) atoms. The summed E-state index contributed by atoms with van der Waals surface area (Å²) in [6, 6.07) is 17.2. The van der Waals surface area contributed by atoms with Gasteiger partial charge in [0.2, 0.25) is 5.43 Å². The number of nitrogens with zero attached hydrogens (tertiary/aromatic N) is 1. The number of benzene rings is 3. The molecule has 0 aliphatic carbocycles. The Kier molecular flexibility index (Phi) is 5.83. The maximum Gasteiger partial charge on any atom is 0.336 e. The fourth-order valence-corrected chi connectivity index (χ4v) is 3.33. The summed E-state index contributed by atoms with van der Waals surface area (Å²) < 4.78 is 10.8. The predicted octanol–water partition coefficient (Wildman–Crippen LogP) is 5.64. The maximum absolute atomic E-state index is 12.9. The van der Waals surface area contributed by atoms with Gasteiger partial charge in [0.25, 0.3) is 5.69 Å². The van der Waals surface area contributed by atoms with Crippen LogP contribution in [0.4, 0.5) is 5.69 Å². The summed E-state index contributed by atoms with van der Waals surface area (Å²) in [6.07, 6.45) is 3.88. The quantitative estimate of drug-likeness (QED) is 0.129. The van der Waals surface area contributed by atoms with E-state index < -0.39 is 10.9 Å². The van der Waals surface area contributed by atoms with Crippen molar-refractivity contribution in [1.82, 2.24) is 0 Å². The van der Waals surface area contributed by atoms with Crippen LogP contribution in [0.25, 0.3) is 28.2 Å². The molecule has 0 radical (unpaired) electrons. The molecule has 0 aliphatic heterocycles. The molecule has 7 nitrogen and oxygen atoms in total. The van der Waals surface area contributed by atoms with E-state index in [2.05, 4.69) is 0 Å². The molecule has 8 heteroatoms. The van der Waals surface area contributed by atoms with E-state index >= 15 is 0 Å². The van der Waals surface area contributed by atoms with Crippen LogP contribution in [0.15, 0.2) is 88.3 Å². The number of nitro groups is 1. The van der Waals surface area contributed by atoms with E-state index in [0.717, 1.165) is 6.08 Å². The Morgan fingerprint density at radius 3 is 2.62 bits per heavy atom. The topological polar surface area (TPSA) is 99.6 Å². The molecule has 0 bridgehead atoms. The van der Waals surface area contributed by atoms with Crippen LogP contribution in [0.2, 0.25) is 5.02 Å². The van der Waals surface area contributed by atoms with Crippen molar-refractivity contribution in [2.24, 2.45) is 0 Å². The zero-order valence-electron chi connectivity index (χ0n) is 16.4. The molecule has 0 atom stereocenters. The van der Waals surface area contributed by atoms with Gasteiger partial charge in [0.15, 0.2) is 0 Å². The smallest absolute Gasteiger partial charge is 0.336 e. The number of esters is 1. The fourth-order valence-electron chi connectivity index (χ4n) is 3.09. The minimum absolute atomic E-state index is 0.0822. The zero-order valence-corrected chi connectivity index (χ0v) is 17.1. The van der Waals surface area contributed by atoms with Gasteiger partial charge in [0.1, 0.15) is 17.6 Å². The second-order valence-corrected chi connectivity index (χ2v) is 7.13. The zero-order chi connectivity index (χ0) is 22.7. The largest absolute Gasteiger partial charge is 0.463 e. The summed E-state index contributed by atoms with van der Waals surface area (Å²) in [5.41, 5.74) is 1.27. The fraction of sp³-hybridized carbons (Fsp3) is 0. The van der Waals surface area contributed by atoms with Gasteiger partial charge in [-0.05, 0) is 29.8 Å². The van der Waals surface area contributed by atoms with E-state index in [1.165, 1.54) is 48.7 Å². The first kappa shape index (κ1) is 21.0. The highest BCUT2D eigenvalue weighted by atomic mass is 35.5. The SMILES string of the molecule is O=C(C=Cc1cccc([N+](=O)[O-])c1)Oc1ccc2c(=O)c(-c3ccccc3Cl)coc2c1. The minimum Gasteiger partial charge on any atom is -0.463 e. The van der Waals surface area contributed by atoms with Crippen LogP contribution in [0.5, 0.6) is 5.75 Å². The molecule has 0 unspecified atom stereocenters. The van der Waals surface area contributed by atoms with Gasteiger partial charge in [-0.3, -0.25) is 14.9 Å². The number of rotatable bonds is 5. The van der Waals surface area contributed by atoms with Crippen LogP contribution in [0, 0.1) is 10.1 Å². The van der Waals surface area contributed by atoms with E-state index in [9.17, 15) is 19.7 Å². The van der Waals surface area contributed by atoms with Gasteiger partial charge in [0.05, 0.1) is 15.9 Å². The Labute approximate surface area is 186 Å². The third-order valence-electron chi connectivity index (χ3n) is 4.62. The molecule has 0 fully saturated rings. The molecule has 3 aromatic carbocycles. The standard InChI is InChI=1S/C24H14ClNO6/c25-21-7-2-1-6-18(21)20-14-31-22-13-17(9-10-19(22)24(20)28)32-23(27)11-8-15-4-3-5-16(12-15)26(29)30/h1-14H. The number of fused-ring (bicyclic) bond motifs is 1. The number of carbonyl (C=O) groups is 1. The second-order valence-electron chi connectivity index (χ2n) is 6.72. The third-order valence-corrected chi connectivity index (χ3v) is 4.95. The van der Waals surface area contributed by atoms with Gasteiger partial charge >= 0.3 is 5.97 Å². The number of hydrogen-bond donors (Lipinski definition) is 0. The Morgan fingerprint density at radius 2 is 1.84 bits per heavy atom. The average molecular weight is 448 g/mol. The first-order valence-electron chi connectivity index (χ1n) is 9.37. The van der Waals surface area contributed by atoms with Crippen molar-refractivity contribution in [3.8, 4) is 16.9 Å². The Balaban J connectivity index is 1.55. The molecule has 1 heterocycles. The Hall–Kier alpha value is -4.23. The van der Waals surface area contributed by atoms with Crippen molar-refractivity contribution in [2.75, 3.05) is 0 Å². The number of ether oxygens (including phenoxy) is 1.